The number of nitrogens with two attached hydrogens (primary N) is 1. The van der Waals surface area contributed by atoms with Gasteiger partial charge in [-0.05, 0) is 34.1 Å². The van der Waals surface area contributed by atoms with Gasteiger partial charge >= 0.3 is 0 Å². The van der Waals surface area contributed by atoms with E-state index in [9.17, 15) is 0 Å². The second kappa shape index (κ2) is 4.55. The summed E-state index contributed by atoms with van der Waals surface area (Å²) in [5.41, 5.74) is 8.07. The maximum atomic E-state index is 5.80. The van der Waals surface area contributed by atoms with Gasteiger partial charge in [0.15, 0.2) is 5.52 Å². The molecule has 0 fully saturated rings. The molecule has 0 saturated heterocycles. The number of pyridine rings is 1. The minimum atomic E-state index is 0.462. The van der Waals surface area contributed by atoms with E-state index in [1.807, 2.05) is 23.7 Å². The highest BCUT2D eigenvalue weighted by Gasteiger charge is 2.11. The number of aromatic nitrogens is 3. The number of nitrogens with zero attached hydrogens (tertiary/aromatic N) is 3. The molecule has 2 aromatic heterocycles. The maximum Gasteiger partial charge on any atom is 0.247 e. The largest absolute Gasteiger partial charge is 0.436 e. The average Bonchev–Trinajstić information content (AvgIpc) is 2.77. The normalized spacial score (nSPS) is 10.8. The quantitative estimate of drug-likeness (QED) is 0.737. The van der Waals surface area contributed by atoms with Crippen LogP contribution in [0.1, 0.15) is 0 Å². The zero-order valence-corrected chi connectivity index (χ0v) is 11.8. The van der Waals surface area contributed by atoms with E-state index in [1.54, 1.807) is 24.7 Å². The molecule has 3 aromatic rings. The summed E-state index contributed by atoms with van der Waals surface area (Å²) in [7, 11) is 1.93. The number of imidazole rings is 1. The van der Waals surface area contributed by atoms with Gasteiger partial charge in [-0.15, -0.1) is 0 Å². The Bertz CT molecular complexity index is 753. The lowest BCUT2D eigenvalue weighted by Gasteiger charge is -2.08. The predicted octanol–water partition coefficient (Wildman–Crippen LogP) is 3.11. The highest BCUT2D eigenvalue weighted by atomic mass is 79.9. The van der Waals surface area contributed by atoms with Gasteiger partial charge in [0.25, 0.3) is 0 Å². The van der Waals surface area contributed by atoms with Crippen molar-refractivity contribution in [3.63, 3.8) is 0 Å². The first kappa shape index (κ1) is 12.0. The molecule has 0 atom stereocenters. The molecule has 0 bridgehead atoms. The topological polar surface area (TPSA) is 66.0 Å². The van der Waals surface area contributed by atoms with Crippen LogP contribution in [-0.2, 0) is 7.05 Å². The van der Waals surface area contributed by atoms with Gasteiger partial charge in [-0.1, -0.05) is 0 Å². The van der Waals surface area contributed by atoms with E-state index in [2.05, 4.69) is 25.9 Å². The van der Waals surface area contributed by atoms with Crippen LogP contribution in [0.25, 0.3) is 11.0 Å². The second-order valence-corrected chi connectivity index (χ2v) is 4.99. The molecule has 0 saturated carbocycles. The molecular formula is C13H11BrN4O. The number of hydrogen-bond donors (Lipinski definition) is 1. The van der Waals surface area contributed by atoms with Gasteiger partial charge in [-0.2, -0.15) is 0 Å². The monoisotopic (exact) mass is 318 g/mol. The number of nitrogen functional groups attached to an aromatic ring is 1. The Morgan fingerprint density at radius 1 is 1.26 bits per heavy atom. The Morgan fingerprint density at radius 2 is 2.11 bits per heavy atom. The van der Waals surface area contributed by atoms with E-state index in [-0.39, 0.29) is 0 Å². The van der Waals surface area contributed by atoms with Crippen molar-refractivity contribution in [3.8, 4) is 11.6 Å². The molecule has 0 spiro atoms. The van der Waals surface area contributed by atoms with E-state index in [4.69, 9.17) is 10.5 Å². The molecule has 0 unspecified atom stereocenters. The summed E-state index contributed by atoms with van der Waals surface area (Å²) in [4.78, 5) is 8.52. The van der Waals surface area contributed by atoms with Crippen LogP contribution in [0.3, 0.4) is 0 Å². The Labute approximate surface area is 118 Å². The van der Waals surface area contributed by atoms with Crippen molar-refractivity contribution in [2.45, 2.75) is 0 Å². The van der Waals surface area contributed by atoms with Gasteiger partial charge in [0.05, 0.1) is 16.3 Å². The first-order valence-electron chi connectivity index (χ1n) is 5.64. The van der Waals surface area contributed by atoms with E-state index in [0.717, 1.165) is 15.5 Å². The number of fused-ring (bicyclic) bond motifs is 1. The van der Waals surface area contributed by atoms with Crippen LogP contribution in [0.15, 0.2) is 41.3 Å². The number of rotatable bonds is 2. The summed E-state index contributed by atoms with van der Waals surface area (Å²) in [6, 6.07) is 7.27. The molecule has 2 N–H and O–H groups in total. The minimum absolute atomic E-state index is 0.462. The Hall–Kier alpha value is -2.08. The molecule has 19 heavy (non-hydrogen) atoms. The standard InChI is InChI=1S/C13H11BrN4O/c1-18-7-17-12-10(18)4-5-16-13(12)19-11-6-8(15)2-3-9(11)14/h2-7H,15H2,1H3. The molecule has 0 radical (unpaired) electrons. The van der Waals surface area contributed by atoms with Crippen LogP contribution in [-0.4, -0.2) is 14.5 Å². The number of hydrogen-bond acceptors (Lipinski definition) is 4. The fourth-order valence-corrected chi connectivity index (χ4v) is 2.14. The molecule has 3 rings (SSSR count). The van der Waals surface area contributed by atoms with Crippen LogP contribution in [0.4, 0.5) is 5.69 Å². The number of halogens is 1. The highest BCUT2D eigenvalue weighted by Crippen LogP contribution is 2.33. The van der Waals surface area contributed by atoms with Crippen molar-refractivity contribution in [2.24, 2.45) is 7.05 Å². The van der Waals surface area contributed by atoms with Gasteiger partial charge in [-0.25, -0.2) is 9.97 Å². The van der Waals surface area contributed by atoms with E-state index in [0.29, 0.717) is 17.3 Å². The third-order valence-electron chi connectivity index (χ3n) is 2.77. The third-order valence-corrected chi connectivity index (χ3v) is 3.43. The zero-order chi connectivity index (χ0) is 13.4. The molecule has 0 aliphatic carbocycles. The van der Waals surface area contributed by atoms with Gasteiger partial charge in [0, 0.05) is 25.0 Å². The third kappa shape index (κ3) is 2.15. The van der Waals surface area contributed by atoms with Gasteiger partial charge in [-0.3, -0.25) is 0 Å². The van der Waals surface area contributed by atoms with E-state index >= 15 is 0 Å². The molecule has 0 aliphatic rings. The Balaban J connectivity index is 2.08. The van der Waals surface area contributed by atoms with Crippen LogP contribution >= 0.6 is 15.9 Å². The molecule has 2 heterocycles. The number of anilines is 1. The van der Waals surface area contributed by atoms with Crippen molar-refractivity contribution in [1.82, 2.24) is 14.5 Å². The summed E-state index contributed by atoms with van der Waals surface area (Å²) in [5.74, 6) is 1.08. The van der Waals surface area contributed by atoms with Crippen molar-refractivity contribution >= 4 is 32.7 Å². The first-order valence-corrected chi connectivity index (χ1v) is 6.43. The van der Waals surface area contributed by atoms with Gasteiger partial charge < -0.3 is 15.0 Å². The zero-order valence-electron chi connectivity index (χ0n) is 10.2. The summed E-state index contributed by atoms with van der Waals surface area (Å²) < 4.78 is 8.53. The highest BCUT2D eigenvalue weighted by molar-refractivity contribution is 9.10. The molecule has 5 nitrogen and oxygen atoms in total. The first-order chi connectivity index (χ1) is 9.15. The molecule has 1 aromatic carbocycles. The fraction of sp³-hybridized carbons (Fsp3) is 0.0769. The molecule has 96 valence electrons. The average molecular weight is 319 g/mol. The number of benzene rings is 1. The lowest BCUT2D eigenvalue weighted by molar-refractivity contribution is 0.465. The van der Waals surface area contributed by atoms with Crippen LogP contribution in [0.5, 0.6) is 11.6 Å². The van der Waals surface area contributed by atoms with Crippen molar-refractivity contribution in [2.75, 3.05) is 5.73 Å². The van der Waals surface area contributed by atoms with Crippen LogP contribution in [0.2, 0.25) is 0 Å². The Kier molecular flexibility index (Phi) is 2.87. The summed E-state index contributed by atoms with van der Waals surface area (Å²) >= 11 is 3.42. The number of aryl methyl sites for hydroxylation is 1. The SMILES string of the molecule is Cn1cnc2c(Oc3cc(N)ccc3Br)nccc21. The molecule has 6 heteroatoms. The fourth-order valence-electron chi connectivity index (χ4n) is 1.81. The molecule has 0 amide bonds. The van der Waals surface area contributed by atoms with Crippen LogP contribution in [0, 0.1) is 0 Å². The van der Waals surface area contributed by atoms with Crippen LogP contribution < -0.4 is 10.5 Å². The lowest BCUT2D eigenvalue weighted by atomic mass is 10.3. The van der Waals surface area contributed by atoms with E-state index in [1.165, 1.54) is 0 Å². The van der Waals surface area contributed by atoms with E-state index < -0.39 is 0 Å². The van der Waals surface area contributed by atoms with Crippen molar-refractivity contribution in [1.29, 1.82) is 0 Å². The minimum Gasteiger partial charge on any atom is -0.436 e. The Morgan fingerprint density at radius 3 is 2.95 bits per heavy atom. The summed E-state index contributed by atoms with van der Waals surface area (Å²) in [6.07, 6.45) is 3.42. The second-order valence-electron chi connectivity index (χ2n) is 4.13. The smallest absolute Gasteiger partial charge is 0.247 e. The maximum absolute atomic E-state index is 5.80. The van der Waals surface area contributed by atoms with Gasteiger partial charge in [0.1, 0.15) is 5.75 Å². The molecular weight excluding hydrogens is 308 g/mol. The summed E-state index contributed by atoms with van der Waals surface area (Å²) in [5, 5.41) is 0. The van der Waals surface area contributed by atoms with Gasteiger partial charge in [0.2, 0.25) is 5.88 Å². The lowest BCUT2D eigenvalue weighted by Crippen LogP contribution is -1.93. The van der Waals surface area contributed by atoms with Crippen molar-refractivity contribution < 1.29 is 4.74 Å². The summed E-state index contributed by atoms with van der Waals surface area (Å²) in [6.45, 7) is 0. The van der Waals surface area contributed by atoms with Crippen molar-refractivity contribution in [3.05, 3.63) is 41.3 Å². The predicted molar refractivity (Wildman–Crippen MR) is 77.1 cm³/mol. The molecule has 0 aliphatic heterocycles. The number of ether oxygens (including phenoxy) is 1.